The highest BCUT2D eigenvalue weighted by atomic mass is 16.7. The van der Waals surface area contributed by atoms with Gasteiger partial charge in [0.05, 0.1) is 12.6 Å². The minimum Gasteiger partial charge on any atom is -0.466 e. The molecule has 0 unspecified atom stereocenters. The first kappa shape index (κ1) is 25.3. The van der Waals surface area contributed by atoms with Gasteiger partial charge < -0.3 is 18.9 Å². The first-order valence-corrected chi connectivity index (χ1v) is 10.2. The van der Waals surface area contributed by atoms with Crippen molar-refractivity contribution in [3.63, 3.8) is 0 Å². The normalized spacial score (nSPS) is 22.5. The maximum absolute atomic E-state index is 13.0. The summed E-state index contributed by atoms with van der Waals surface area (Å²) in [5, 5.41) is 1.48. The fourth-order valence-electron chi connectivity index (χ4n) is 3.72. The van der Waals surface area contributed by atoms with Gasteiger partial charge in [-0.2, -0.15) is 5.06 Å². The molecule has 1 saturated heterocycles. The number of esters is 4. The molecular weight excluding hydrogens is 422 g/mol. The number of nitrogens with zero attached hydrogens (tertiary/aromatic N) is 1. The molecule has 0 spiro atoms. The zero-order chi connectivity index (χ0) is 23.8. The van der Waals surface area contributed by atoms with E-state index in [-0.39, 0.29) is 13.2 Å². The number of hydroxylamine groups is 2. The number of hydrogen-bond donors (Lipinski definition) is 0. The van der Waals surface area contributed by atoms with E-state index < -0.39 is 54.1 Å². The zero-order valence-electron chi connectivity index (χ0n) is 18.8. The average Bonchev–Trinajstić information content (AvgIpc) is 3.06. The third kappa shape index (κ3) is 6.51. The number of carbonyl (C=O) groups is 4. The Morgan fingerprint density at radius 3 is 2.12 bits per heavy atom. The first-order chi connectivity index (χ1) is 15.1. The van der Waals surface area contributed by atoms with Gasteiger partial charge in [0.2, 0.25) is 0 Å². The van der Waals surface area contributed by atoms with Crippen LogP contribution in [0.25, 0.3) is 0 Å². The molecule has 0 aromatic heterocycles. The largest absolute Gasteiger partial charge is 0.466 e. The fraction of sp³-hybridized carbons (Fsp3) is 0.545. The van der Waals surface area contributed by atoms with E-state index >= 15 is 0 Å². The van der Waals surface area contributed by atoms with Crippen molar-refractivity contribution in [3.8, 4) is 0 Å². The third-order valence-corrected chi connectivity index (χ3v) is 4.83. The van der Waals surface area contributed by atoms with Gasteiger partial charge in [-0.25, -0.2) is 0 Å². The second kappa shape index (κ2) is 11.6. The van der Waals surface area contributed by atoms with Crippen molar-refractivity contribution in [1.29, 1.82) is 0 Å². The van der Waals surface area contributed by atoms with E-state index in [0.29, 0.717) is 0 Å². The standard InChI is InChI=1S/C22H29NO9/c1-6-28-22(27)18-19(16-10-8-7-9-11-16)23(5)32-21(18)20(31-15(4)26)17(30-14(3)25)12-29-13(2)24/h7-11,17-21H,6,12H2,1-5H3/t17-,18-,19+,20+,21-/m1/s1. The molecule has 0 radical (unpaired) electrons. The second-order valence-electron chi connectivity index (χ2n) is 7.27. The minimum absolute atomic E-state index is 0.131. The number of ether oxygens (including phenoxy) is 4. The summed E-state index contributed by atoms with van der Waals surface area (Å²) in [7, 11) is 1.64. The summed E-state index contributed by atoms with van der Waals surface area (Å²) in [5.74, 6) is -3.48. The molecule has 32 heavy (non-hydrogen) atoms. The SMILES string of the molecule is CCOC(=O)[C@H]1[C@H]([C@@H](OC(C)=O)[C@@H](COC(C)=O)OC(C)=O)ON(C)[C@H]1c1ccccc1. The maximum Gasteiger partial charge on any atom is 0.313 e. The Bertz CT molecular complexity index is 813. The summed E-state index contributed by atoms with van der Waals surface area (Å²) >= 11 is 0. The van der Waals surface area contributed by atoms with Gasteiger partial charge in [0, 0.05) is 27.8 Å². The molecular formula is C22H29NO9. The first-order valence-electron chi connectivity index (χ1n) is 10.2. The molecule has 10 heteroatoms. The molecule has 10 nitrogen and oxygen atoms in total. The summed E-state index contributed by atoms with van der Waals surface area (Å²) in [4.78, 5) is 54.0. The molecule has 1 heterocycles. The Balaban J connectivity index is 2.50. The second-order valence-corrected chi connectivity index (χ2v) is 7.27. The van der Waals surface area contributed by atoms with Crippen LogP contribution in [-0.2, 0) is 43.0 Å². The third-order valence-electron chi connectivity index (χ3n) is 4.83. The molecule has 0 amide bonds. The van der Waals surface area contributed by atoms with Crippen molar-refractivity contribution in [1.82, 2.24) is 5.06 Å². The van der Waals surface area contributed by atoms with E-state index in [1.165, 1.54) is 25.8 Å². The Morgan fingerprint density at radius 2 is 1.59 bits per heavy atom. The van der Waals surface area contributed by atoms with Gasteiger partial charge in [-0.05, 0) is 12.5 Å². The molecule has 1 aromatic carbocycles. The van der Waals surface area contributed by atoms with Crippen LogP contribution in [0.2, 0.25) is 0 Å². The molecule has 1 fully saturated rings. The van der Waals surface area contributed by atoms with Gasteiger partial charge in [0.15, 0.2) is 12.2 Å². The number of benzene rings is 1. The fourth-order valence-corrected chi connectivity index (χ4v) is 3.72. The van der Waals surface area contributed by atoms with E-state index in [2.05, 4.69) is 0 Å². The highest BCUT2D eigenvalue weighted by molar-refractivity contribution is 5.75. The van der Waals surface area contributed by atoms with Gasteiger partial charge in [0.1, 0.15) is 18.6 Å². The summed E-state index contributed by atoms with van der Waals surface area (Å²) in [6.45, 7) is 4.96. The maximum atomic E-state index is 13.0. The topological polar surface area (TPSA) is 118 Å². The number of hydrogen-bond acceptors (Lipinski definition) is 10. The summed E-state index contributed by atoms with van der Waals surface area (Å²) in [5.41, 5.74) is 0.779. The predicted octanol–water partition coefficient (Wildman–Crippen LogP) is 1.58. The Kier molecular flexibility index (Phi) is 9.15. The van der Waals surface area contributed by atoms with Crippen molar-refractivity contribution < 1.29 is 43.0 Å². The van der Waals surface area contributed by atoms with Crippen LogP contribution in [0, 0.1) is 5.92 Å². The molecule has 0 saturated carbocycles. The highest BCUT2D eigenvalue weighted by Crippen LogP contribution is 2.41. The van der Waals surface area contributed by atoms with Gasteiger partial charge >= 0.3 is 23.9 Å². The lowest BCUT2D eigenvalue weighted by Gasteiger charge is -2.31. The van der Waals surface area contributed by atoms with Crippen LogP contribution in [0.1, 0.15) is 39.3 Å². The van der Waals surface area contributed by atoms with Crippen LogP contribution in [0.4, 0.5) is 0 Å². The summed E-state index contributed by atoms with van der Waals surface area (Å²) in [6.07, 6.45) is -3.53. The summed E-state index contributed by atoms with van der Waals surface area (Å²) in [6, 6.07) is 8.60. The monoisotopic (exact) mass is 451 g/mol. The number of carbonyl (C=O) groups excluding carboxylic acids is 4. The van der Waals surface area contributed by atoms with Gasteiger partial charge in [0.25, 0.3) is 0 Å². The highest BCUT2D eigenvalue weighted by Gasteiger charge is 2.54. The van der Waals surface area contributed by atoms with Crippen molar-refractivity contribution in [2.75, 3.05) is 20.3 Å². The van der Waals surface area contributed by atoms with Crippen LogP contribution < -0.4 is 0 Å². The van der Waals surface area contributed by atoms with Crippen LogP contribution in [0.3, 0.4) is 0 Å². The van der Waals surface area contributed by atoms with Crippen molar-refractivity contribution in [3.05, 3.63) is 35.9 Å². The quantitative estimate of drug-likeness (QED) is 0.404. The molecule has 0 aliphatic carbocycles. The molecule has 5 atom stereocenters. The Hall–Kier alpha value is -2.98. The van der Waals surface area contributed by atoms with Gasteiger partial charge in [-0.3, -0.25) is 24.0 Å². The molecule has 1 aliphatic heterocycles. The molecule has 0 bridgehead atoms. The lowest BCUT2D eigenvalue weighted by molar-refractivity contribution is -0.212. The minimum atomic E-state index is -1.25. The lowest BCUT2D eigenvalue weighted by Crippen LogP contribution is -2.50. The zero-order valence-corrected chi connectivity index (χ0v) is 18.8. The van der Waals surface area contributed by atoms with Crippen molar-refractivity contribution in [2.24, 2.45) is 5.92 Å². The van der Waals surface area contributed by atoms with E-state index in [9.17, 15) is 19.2 Å². The van der Waals surface area contributed by atoms with Gasteiger partial charge in [-0.15, -0.1) is 0 Å². The van der Waals surface area contributed by atoms with Crippen LogP contribution in [0.5, 0.6) is 0 Å². The molecule has 1 aromatic rings. The Morgan fingerprint density at radius 1 is 0.969 bits per heavy atom. The lowest BCUT2D eigenvalue weighted by atomic mass is 9.86. The molecule has 1 aliphatic rings. The molecule has 2 rings (SSSR count). The van der Waals surface area contributed by atoms with Crippen LogP contribution >= 0.6 is 0 Å². The van der Waals surface area contributed by atoms with Crippen LogP contribution in [-0.4, -0.2) is 67.5 Å². The van der Waals surface area contributed by atoms with Gasteiger partial charge in [-0.1, -0.05) is 30.3 Å². The van der Waals surface area contributed by atoms with E-state index in [0.717, 1.165) is 5.56 Å². The smallest absolute Gasteiger partial charge is 0.313 e. The van der Waals surface area contributed by atoms with Crippen molar-refractivity contribution in [2.45, 2.75) is 52.0 Å². The van der Waals surface area contributed by atoms with E-state index in [1.54, 1.807) is 14.0 Å². The molecule has 176 valence electrons. The molecule has 0 N–H and O–H groups in total. The summed E-state index contributed by atoms with van der Waals surface area (Å²) < 4.78 is 21.1. The van der Waals surface area contributed by atoms with Crippen molar-refractivity contribution >= 4 is 23.9 Å². The predicted molar refractivity (Wildman–Crippen MR) is 110 cm³/mol. The van der Waals surface area contributed by atoms with E-state index in [1.807, 2.05) is 30.3 Å². The average molecular weight is 451 g/mol. The number of rotatable bonds is 9. The Labute approximate surface area is 186 Å². The van der Waals surface area contributed by atoms with Crippen LogP contribution in [0.15, 0.2) is 30.3 Å². The van der Waals surface area contributed by atoms with E-state index in [4.69, 9.17) is 23.8 Å².